The first-order valence-corrected chi connectivity index (χ1v) is 10.5. The highest BCUT2D eigenvalue weighted by atomic mass is 16.6. The van der Waals surface area contributed by atoms with E-state index in [-0.39, 0.29) is 22.8 Å². The summed E-state index contributed by atoms with van der Waals surface area (Å²) in [5.74, 6) is -0.519. The van der Waals surface area contributed by atoms with Crippen molar-refractivity contribution >= 4 is 18.1 Å². The topological polar surface area (TPSA) is 127 Å². The van der Waals surface area contributed by atoms with Crippen LogP contribution in [0.3, 0.4) is 0 Å². The van der Waals surface area contributed by atoms with Gasteiger partial charge >= 0.3 is 5.97 Å². The highest BCUT2D eigenvalue weighted by molar-refractivity contribution is 5.97. The van der Waals surface area contributed by atoms with Crippen molar-refractivity contribution in [1.29, 1.82) is 0 Å². The number of hydrogen-bond donors (Lipinski definition) is 3. The Morgan fingerprint density at radius 3 is 2.32 bits per heavy atom. The summed E-state index contributed by atoms with van der Waals surface area (Å²) in [6.45, 7) is 4.54. The molecule has 3 rings (SSSR count). The number of amides is 1. The van der Waals surface area contributed by atoms with E-state index in [9.17, 15) is 19.8 Å². The van der Waals surface area contributed by atoms with E-state index in [1.807, 2.05) is 6.92 Å². The summed E-state index contributed by atoms with van der Waals surface area (Å²) >= 11 is 0. The van der Waals surface area contributed by atoms with Gasteiger partial charge in [-0.3, -0.25) is 4.79 Å². The van der Waals surface area contributed by atoms with Crippen LogP contribution in [0, 0.1) is 0 Å². The van der Waals surface area contributed by atoms with Crippen molar-refractivity contribution in [2.75, 3.05) is 13.2 Å². The first kappa shape index (κ1) is 24.1. The molecule has 0 unspecified atom stereocenters. The van der Waals surface area contributed by atoms with Gasteiger partial charge in [0.05, 0.1) is 30.6 Å². The summed E-state index contributed by atoms with van der Waals surface area (Å²) in [6.07, 6.45) is 1.37. The maximum absolute atomic E-state index is 12.5. The average molecular weight is 464 g/mol. The van der Waals surface area contributed by atoms with Crippen molar-refractivity contribution in [1.82, 2.24) is 5.43 Å². The van der Waals surface area contributed by atoms with Crippen LogP contribution in [-0.2, 0) is 0 Å². The third kappa shape index (κ3) is 6.26. The number of rotatable bonds is 9. The molecule has 0 bridgehead atoms. The number of phenolic OH excluding ortho intramolecular Hbond substituents is 2. The monoisotopic (exact) mass is 464 g/mol. The third-order valence-corrected chi connectivity index (χ3v) is 4.48. The first-order chi connectivity index (χ1) is 16.4. The maximum atomic E-state index is 12.5. The molecule has 0 atom stereocenters. The number of hydrazone groups is 1. The van der Waals surface area contributed by atoms with Crippen molar-refractivity contribution in [3.05, 3.63) is 77.4 Å². The maximum Gasteiger partial charge on any atom is 0.343 e. The minimum absolute atomic E-state index is 0.0403. The quantitative estimate of drug-likeness (QED) is 0.190. The SMILES string of the molecule is CCOc1ccc(C(=O)Oc2ccc(C=NNC(=O)c3ccc(O)cc3O)cc2OCC)cc1. The second-order valence-corrected chi connectivity index (χ2v) is 6.89. The van der Waals surface area contributed by atoms with Crippen LogP contribution in [0.25, 0.3) is 0 Å². The molecule has 0 fully saturated rings. The van der Waals surface area contributed by atoms with Crippen LogP contribution in [0.15, 0.2) is 65.8 Å². The predicted octanol–water partition coefficient (Wildman–Crippen LogP) is 3.88. The van der Waals surface area contributed by atoms with E-state index < -0.39 is 11.9 Å². The van der Waals surface area contributed by atoms with Crippen LogP contribution in [-0.4, -0.2) is 41.5 Å². The van der Waals surface area contributed by atoms with E-state index in [0.29, 0.717) is 35.8 Å². The minimum atomic E-state index is -0.653. The van der Waals surface area contributed by atoms with Gasteiger partial charge < -0.3 is 24.4 Å². The number of hydrogen-bond acceptors (Lipinski definition) is 8. The van der Waals surface area contributed by atoms with Gasteiger partial charge in [-0.25, -0.2) is 10.2 Å². The predicted molar refractivity (Wildman–Crippen MR) is 125 cm³/mol. The van der Waals surface area contributed by atoms with Crippen molar-refractivity contribution in [2.24, 2.45) is 5.10 Å². The molecule has 9 nitrogen and oxygen atoms in total. The zero-order valence-corrected chi connectivity index (χ0v) is 18.6. The van der Waals surface area contributed by atoms with Gasteiger partial charge in [0.2, 0.25) is 0 Å². The number of phenols is 2. The van der Waals surface area contributed by atoms with Gasteiger partial charge in [-0.15, -0.1) is 0 Å². The molecule has 3 aromatic rings. The van der Waals surface area contributed by atoms with E-state index in [2.05, 4.69) is 10.5 Å². The van der Waals surface area contributed by atoms with Crippen LogP contribution < -0.4 is 19.6 Å². The van der Waals surface area contributed by atoms with E-state index in [0.717, 1.165) is 6.07 Å². The van der Waals surface area contributed by atoms with Crippen LogP contribution >= 0.6 is 0 Å². The molecular formula is C25H24N2O7. The summed E-state index contributed by atoms with van der Waals surface area (Å²) in [7, 11) is 0. The molecule has 9 heteroatoms. The number of aromatic hydroxyl groups is 2. The van der Waals surface area contributed by atoms with Crippen molar-refractivity contribution in [3.8, 4) is 28.7 Å². The smallest absolute Gasteiger partial charge is 0.343 e. The standard InChI is InChI=1S/C25H24N2O7/c1-3-32-19-9-6-17(7-10-19)25(31)34-22-12-5-16(13-23(22)33-4-2)15-26-27-24(30)20-11-8-18(28)14-21(20)29/h5-15,28-29H,3-4H2,1-2H3,(H,27,30). The molecule has 176 valence electrons. The fourth-order valence-electron chi connectivity index (χ4n) is 2.91. The lowest BCUT2D eigenvalue weighted by Gasteiger charge is -2.11. The molecule has 0 aliphatic carbocycles. The number of carbonyl (C=O) groups is 2. The average Bonchev–Trinajstić information content (AvgIpc) is 2.81. The van der Waals surface area contributed by atoms with Gasteiger partial charge in [0, 0.05) is 6.07 Å². The Bertz CT molecular complexity index is 1190. The number of benzene rings is 3. The second-order valence-electron chi connectivity index (χ2n) is 6.89. The van der Waals surface area contributed by atoms with Gasteiger partial charge in [-0.05, 0) is 74.0 Å². The van der Waals surface area contributed by atoms with Gasteiger partial charge in [-0.2, -0.15) is 5.10 Å². The van der Waals surface area contributed by atoms with Gasteiger partial charge in [0.25, 0.3) is 5.91 Å². The Labute approximate surface area is 196 Å². The van der Waals surface area contributed by atoms with Crippen LogP contribution in [0.1, 0.15) is 40.1 Å². The number of esters is 1. The molecule has 3 N–H and O–H groups in total. The molecule has 0 saturated heterocycles. The molecular weight excluding hydrogens is 440 g/mol. The third-order valence-electron chi connectivity index (χ3n) is 4.48. The summed E-state index contributed by atoms with van der Waals surface area (Å²) in [4.78, 5) is 24.7. The van der Waals surface area contributed by atoms with Crippen molar-refractivity contribution in [3.63, 3.8) is 0 Å². The fraction of sp³-hybridized carbons (Fsp3) is 0.160. The summed E-state index contributed by atoms with van der Waals surface area (Å²) in [6, 6.07) is 15.0. The van der Waals surface area contributed by atoms with Crippen LogP contribution in [0.5, 0.6) is 28.7 Å². The van der Waals surface area contributed by atoms with E-state index in [1.165, 1.54) is 18.3 Å². The normalized spacial score (nSPS) is 10.6. The lowest BCUT2D eigenvalue weighted by atomic mass is 10.2. The molecule has 0 aliphatic rings. The molecule has 0 spiro atoms. The van der Waals surface area contributed by atoms with Crippen LogP contribution in [0.2, 0.25) is 0 Å². The van der Waals surface area contributed by atoms with E-state index in [4.69, 9.17) is 14.2 Å². The molecule has 0 aromatic heterocycles. The largest absolute Gasteiger partial charge is 0.508 e. The first-order valence-electron chi connectivity index (χ1n) is 10.5. The molecule has 34 heavy (non-hydrogen) atoms. The zero-order valence-electron chi connectivity index (χ0n) is 18.6. The number of nitrogens with one attached hydrogen (secondary N) is 1. The van der Waals surface area contributed by atoms with Gasteiger partial charge in [-0.1, -0.05) is 0 Å². The molecule has 0 radical (unpaired) electrons. The Morgan fingerprint density at radius 1 is 0.912 bits per heavy atom. The van der Waals surface area contributed by atoms with Crippen LogP contribution in [0.4, 0.5) is 0 Å². The number of ether oxygens (including phenoxy) is 3. The Morgan fingerprint density at radius 2 is 1.65 bits per heavy atom. The molecule has 3 aromatic carbocycles. The number of nitrogens with zero attached hydrogens (tertiary/aromatic N) is 1. The van der Waals surface area contributed by atoms with Crippen molar-refractivity contribution < 1.29 is 34.0 Å². The highest BCUT2D eigenvalue weighted by Gasteiger charge is 2.14. The van der Waals surface area contributed by atoms with E-state index in [1.54, 1.807) is 49.4 Å². The lowest BCUT2D eigenvalue weighted by molar-refractivity contribution is 0.0728. The molecule has 0 aliphatic heterocycles. The zero-order chi connectivity index (χ0) is 24.5. The minimum Gasteiger partial charge on any atom is -0.508 e. The molecule has 0 saturated carbocycles. The fourth-order valence-corrected chi connectivity index (χ4v) is 2.91. The Hall–Kier alpha value is -4.53. The lowest BCUT2D eigenvalue weighted by Crippen LogP contribution is -2.17. The number of carbonyl (C=O) groups excluding carboxylic acids is 2. The molecule has 0 heterocycles. The summed E-state index contributed by atoms with van der Waals surface area (Å²) in [5, 5.41) is 22.9. The molecule has 1 amide bonds. The Kier molecular flexibility index (Phi) is 8.07. The second kappa shape index (κ2) is 11.4. The highest BCUT2D eigenvalue weighted by Crippen LogP contribution is 2.29. The van der Waals surface area contributed by atoms with Gasteiger partial charge in [0.1, 0.15) is 17.2 Å². The van der Waals surface area contributed by atoms with Gasteiger partial charge in [0.15, 0.2) is 11.5 Å². The summed E-state index contributed by atoms with van der Waals surface area (Å²) < 4.78 is 16.5. The van der Waals surface area contributed by atoms with E-state index >= 15 is 0 Å². The summed E-state index contributed by atoms with van der Waals surface area (Å²) in [5.41, 5.74) is 3.18. The Balaban J connectivity index is 1.69. The van der Waals surface area contributed by atoms with Crippen molar-refractivity contribution in [2.45, 2.75) is 13.8 Å².